The van der Waals surface area contributed by atoms with Crippen molar-refractivity contribution in [2.24, 2.45) is 7.05 Å². The van der Waals surface area contributed by atoms with Gasteiger partial charge in [-0.2, -0.15) is 0 Å². The van der Waals surface area contributed by atoms with Gasteiger partial charge >= 0.3 is 0 Å². The van der Waals surface area contributed by atoms with Gasteiger partial charge in [0.25, 0.3) is 11.4 Å². The molecular formula is C17H22N2O3. The number of hydrogen-bond acceptors (Lipinski definition) is 4. The minimum absolute atomic E-state index is 0.0572. The molecule has 0 aliphatic carbocycles. The maximum atomic E-state index is 12.6. The molecule has 0 amide bonds. The summed E-state index contributed by atoms with van der Waals surface area (Å²) in [5.41, 5.74) is 3.97. The molecule has 0 radical (unpaired) electrons. The molecule has 0 fully saturated rings. The van der Waals surface area contributed by atoms with Crippen LogP contribution < -0.4 is 10.3 Å². The Balaban J connectivity index is 2.94. The van der Waals surface area contributed by atoms with E-state index in [1.165, 1.54) is 11.8 Å². The van der Waals surface area contributed by atoms with E-state index < -0.39 is 0 Å². The van der Waals surface area contributed by atoms with Crippen molar-refractivity contribution in [2.75, 3.05) is 7.11 Å². The first-order valence-corrected chi connectivity index (χ1v) is 7.41. The van der Waals surface area contributed by atoms with Gasteiger partial charge in [-0.05, 0) is 36.5 Å². The quantitative estimate of drug-likeness (QED) is 0.943. The van der Waals surface area contributed by atoms with Crippen LogP contribution in [0.1, 0.15) is 30.5 Å². The van der Waals surface area contributed by atoms with E-state index in [9.17, 15) is 9.90 Å². The number of hydrogen-bond donors (Lipinski definition) is 1. The van der Waals surface area contributed by atoms with Crippen LogP contribution in [0, 0.1) is 6.92 Å². The Morgan fingerprint density at radius 1 is 1.18 bits per heavy atom. The molecular weight excluding hydrogens is 280 g/mol. The molecule has 1 aromatic heterocycles. The fraction of sp³-hybridized carbons (Fsp3) is 0.412. The number of nitrogens with zero attached hydrogens (tertiary/aromatic N) is 2. The van der Waals surface area contributed by atoms with Crippen molar-refractivity contribution in [2.45, 2.75) is 33.6 Å². The highest BCUT2D eigenvalue weighted by Gasteiger charge is 2.22. The Morgan fingerprint density at radius 3 is 2.18 bits per heavy atom. The first-order chi connectivity index (χ1) is 10.4. The molecule has 5 heteroatoms. The average Bonchev–Trinajstić information content (AvgIpc) is 2.51. The standard InChI is InChI=1S/C17H22N2O3/c1-6-11-8-10(3)9-12(7-2)13(11)14-15(20)16(22-5)18-19(4)17(14)21/h8-9,20H,6-7H2,1-5H3. The summed E-state index contributed by atoms with van der Waals surface area (Å²) in [7, 11) is 2.98. The summed E-state index contributed by atoms with van der Waals surface area (Å²) < 4.78 is 6.29. The molecule has 2 aromatic rings. The molecule has 0 spiro atoms. The van der Waals surface area contributed by atoms with Crippen LogP contribution in [0.5, 0.6) is 11.6 Å². The molecule has 2 rings (SSSR count). The van der Waals surface area contributed by atoms with E-state index in [0.29, 0.717) is 0 Å². The second-order valence-electron chi connectivity index (χ2n) is 5.33. The summed E-state index contributed by atoms with van der Waals surface area (Å²) in [6.45, 7) is 6.11. The number of aromatic nitrogens is 2. The van der Waals surface area contributed by atoms with Crippen molar-refractivity contribution in [3.05, 3.63) is 39.2 Å². The average molecular weight is 302 g/mol. The first kappa shape index (κ1) is 16.1. The zero-order chi connectivity index (χ0) is 16.4. The van der Waals surface area contributed by atoms with Gasteiger partial charge in [-0.3, -0.25) is 4.79 Å². The topological polar surface area (TPSA) is 64.3 Å². The Hall–Kier alpha value is -2.30. The molecule has 0 saturated carbocycles. The minimum atomic E-state index is -0.327. The van der Waals surface area contributed by atoms with Gasteiger partial charge in [-0.1, -0.05) is 31.5 Å². The highest BCUT2D eigenvalue weighted by molar-refractivity contribution is 5.77. The zero-order valence-corrected chi connectivity index (χ0v) is 13.7. The monoisotopic (exact) mass is 302 g/mol. The van der Waals surface area contributed by atoms with Gasteiger partial charge in [0.15, 0.2) is 5.75 Å². The lowest BCUT2D eigenvalue weighted by Gasteiger charge is -2.17. The van der Waals surface area contributed by atoms with Gasteiger partial charge in [-0.15, -0.1) is 5.10 Å². The van der Waals surface area contributed by atoms with Gasteiger partial charge in [0.2, 0.25) is 0 Å². The molecule has 118 valence electrons. The molecule has 1 N–H and O–H groups in total. The third-order valence-electron chi connectivity index (χ3n) is 3.84. The van der Waals surface area contributed by atoms with Crippen LogP contribution in [-0.2, 0) is 19.9 Å². The molecule has 1 heterocycles. The van der Waals surface area contributed by atoms with Crippen molar-refractivity contribution in [1.82, 2.24) is 9.78 Å². The smallest absolute Gasteiger partial charge is 0.278 e. The van der Waals surface area contributed by atoms with Crippen LogP contribution in [0.15, 0.2) is 16.9 Å². The second-order valence-corrected chi connectivity index (χ2v) is 5.33. The van der Waals surface area contributed by atoms with E-state index in [2.05, 4.69) is 17.2 Å². The lowest BCUT2D eigenvalue weighted by molar-refractivity contribution is 0.345. The lowest BCUT2D eigenvalue weighted by atomic mass is 9.90. The van der Waals surface area contributed by atoms with Crippen LogP contribution in [0.3, 0.4) is 0 Å². The van der Waals surface area contributed by atoms with Gasteiger partial charge in [-0.25, -0.2) is 4.68 Å². The maximum Gasteiger partial charge on any atom is 0.278 e. The van der Waals surface area contributed by atoms with Crippen molar-refractivity contribution >= 4 is 0 Å². The van der Waals surface area contributed by atoms with Crippen LogP contribution in [0.25, 0.3) is 11.1 Å². The highest BCUT2D eigenvalue weighted by Crippen LogP contribution is 2.37. The molecule has 0 atom stereocenters. The number of methoxy groups -OCH3 is 1. The maximum absolute atomic E-state index is 12.6. The Kier molecular flexibility index (Phi) is 4.54. The van der Waals surface area contributed by atoms with E-state index in [1.54, 1.807) is 7.05 Å². The van der Waals surface area contributed by atoms with E-state index in [0.717, 1.165) is 35.1 Å². The largest absolute Gasteiger partial charge is 0.502 e. The predicted molar refractivity (Wildman–Crippen MR) is 86.6 cm³/mol. The van der Waals surface area contributed by atoms with Crippen molar-refractivity contribution in [1.29, 1.82) is 0 Å². The third kappa shape index (κ3) is 2.58. The summed E-state index contributed by atoms with van der Waals surface area (Å²) >= 11 is 0. The minimum Gasteiger partial charge on any atom is -0.502 e. The molecule has 22 heavy (non-hydrogen) atoms. The third-order valence-corrected chi connectivity index (χ3v) is 3.84. The number of rotatable bonds is 4. The Bertz CT molecular complexity index is 738. The van der Waals surface area contributed by atoms with Gasteiger partial charge in [0.1, 0.15) is 0 Å². The van der Waals surface area contributed by atoms with Gasteiger partial charge in [0, 0.05) is 7.05 Å². The summed E-state index contributed by atoms with van der Waals surface area (Å²) in [6.07, 6.45) is 1.55. The molecule has 0 bridgehead atoms. The van der Waals surface area contributed by atoms with Gasteiger partial charge < -0.3 is 9.84 Å². The molecule has 0 unspecified atom stereocenters. The second kappa shape index (κ2) is 6.22. The highest BCUT2D eigenvalue weighted by atomic mass is 16.5. The molecule has 5 nitrogen and oxygen atoms in total. The van der Waals surface area contributed by atoms with E-state index >= 15 is 0 Å². The van der Waals surface area contributed by atoms with E-state index in [-0.39, 0.29) is 22.8 Å². The lowest BCUT2D eigenvalue weighted by Crippen LogP contribution is -2.23. The van der Waals surface area contributed by atoms with Crippen LogP contribution in [0.4, 0.5) is 0 Å². The number of aryl methyl sites for hydroxylation is 4. The zero-order valence-electron chi connectivity index (χ0n) is 13.7. The summed E-state index contributed by atoms with van der Waals surface area (Å²) in [5.74, 6) is -0.138. The molecule has 0 saturated heterocycles. The normalized spacial score (nSPS) is 10.8. The SMILES string of the molecule is CCc1cc(C)cc(CC)c1-c1c(O)c(OC)nn(C)c1=O. The van der Waals surface area contributed by atoms with Crippen molar-refractivity contribution < 1.29 is 9.84 Å². The predicted octanol–water partition coefficient (Wildman–Crippen LogP) is 2.59. The summed E-state index contributed by atoms with van der Waals surface area (Å²) in [5, 5.41) is 14.4. The summed E-state index contributed by atoms with van der Waals surface area (Å²) in [4.78, 5) is 12.6. The fourth-order valence-electron chi connectivity index (χ4n) is 2.78. The van der Waals surface area contributed by atoms with E-state index in [4.69, 9.17) is 4.74 Å². The van der Waals surface area contributed by atoms with Crippen LogP contribution >= 0.6 is 0 Å². The number of ether oxygens (including phenoxy) is 1. The van der Waals surface area contributed by atoms with Crippen LogP contribution in [-0.4, -0.2) is 22.0 Å². The van der Waals surface area contributed by atoms with Crippen LogP contribution in [0.2, 0.25) is 0 Å². The number of benzene rings is 1. The van der Waals surface area contributed by atoms with Crippen molar-refractivity contribution in [3.8, 4) is 22.8 Å². The van der Waals surface area contributed by atoms with E-state index in [1.807, 2.05) is 20.8 Å². The van der Waals surface area contributed by atoms with Gasteiger partial charge in [0.05, 0.1) is 12.7 Å². The molecule has 0 aliphatic heterocycles. The number of aromatic hydroxyl groups is 1. The molecule has 0 aliphatic rings. The molecule has 1 aromatic carbocycles. The first-order valence-electron chi connectivity index (χ1n) is 7.41. The summed E-state index contributed by atoms with van der Waals surface area (Å²) in [6, 6.07) is 4.11. The van der Waals surface area contributed by atoms with Crippen molar-refractivity contribution in [3.63, 3.8) is 0 Å². The fourth-order valence-corrected chi connectivity index (χ4v) is 2.78. The Morgan fingerprint density at radius 2 is 1.73 bits per heavy atom. The Labute approximate surface area is 130 Å².